The van der Waals surface area contributed by atoms with Gasteiger partial charge in [-0.1, -0.05) is 0 Å². The Kier molecular flexibility index (Phi) is 4.82. The van der Waals surface area contributed by atoms with E-state index in [0.29, 0.717) is 17.9 Å². The Labute approximate surface area is 124 Å². The van der Waals surface area contributed by atoms with Crippen LogP contribution in [0.3, 0.4) is 0 Å². The van der Waals surface area contributed by atoms with Crippen LogP contribution in [-0.4, -0.2) is 46.3 Å². The van der Waals surface area contributed by atoms with Crippen molar-refractivity contribution in [3.63, 3.8) is 0 Å². The molecular weight excluding hydrogens is 272 g/mol. The molecule has 2 N–H and O–H groups in total. The van der Waals surface area contributed by atoms with Gasteiger partial charge in [-0.05, 0) is 33.1 Å². The molecule has 2 rings (SSSR count). The number of aryl methyl sites for hydroxylation is 2. The van der Waals surface area contributed by atoms with Crippen molar-refractivity contribution in [1.82, 2.24) is 14.7 Å². The number of carbonyl (C=O) groups excluding carboxylic acids is 2. The molecule has 0 aliphatic carbocycles. The molecule has 0 radical (unpaired) electrons. The van der Waals surface area contributed by atoms with Crippen LogP contribution in [0.5, 0.6) is 0 Å². The number of hydrogen-bond acceptors (Lipinski definition) is 5. The van der Waals surface area contributed by atoms with Crippen LogP contribution in [0.15, 0.2) is 0 Å². The van der Waals surface area contributed by atoms with Crippen LogP contribution in [0.2, 0.25) is 0 Å². The van der Waals surface area contributed by atoms with Gasteiger partial charge in [-0.3, -0.25) is 9.48 Å². The minimum Gasteiger partial charge on any atom is -0.451 e. The molecule has 1 aliphatic heterocycles. The highest BCUT2D eigenvalue weighted by Gasteiger charge is 2.23. The predicted octanol–water partition coefficient (Wildman–Crippen LogP) is 0.963. The molecule has 0 bridgehead atoms. The van der Waals surface area contributed by atoms with Gasteiger partial charge in [0, 0.05) is 19.6 Å². The molecule has 0 aromatic carbocycles. The number of carbonyl (C=O) groups is 2. The van der Waals surface area contributed by atoms with Gasteiger partial charge in [0.2, 0.25) is 0 Å². The highest BCUT2D eigenvalue weighted by molar-refractivity contribution is 5.95. The SMILES string of the molecule is CCn1nc(C)c(N)c1C(=O)OCC(=O)N1CCCCC1. The lowest BCUT2D eigenvalue weighted by Crippen LogP contribution is -2.38. The maximum absolute atomic E-state index is 12.1. The predicted molar refractivity (Wildman–Crippen MR) is 77.8 cm³/mol. The van der Waals surface area contributed by atoms with E-state index in [1.54, 1.807) is 11.8 Å². The first-order valence-corrected chi connectivity index (χ1v) is 7.32. The molecule has 0 saturated carbocycles. The number of ether oxygens (including phenoxy) is 1. The molecule has 1 saturated heterocycles. The first kappa shape index (κ1) is 15.3. The first-order valence-electron chi connectivity index (χ1n) is 7.32. The van der Waals surface area contributed by atoms with Crippen molar-refractivity contribution in [2.75, 3.05) is 25.4 Å². The van der Waals surface area contributed by atoms with E-state index in [1.165, 1.54) is 4.68 Å². The molecule has 1 aromatic rings. The zero-order valence-electron chi connectivity index (χ0n) is 12.6. The zero-order chi connectivity index (χ0) is 15.4. The molecule has 116 valence electrons. The number of esters is 1. The number of amides is 1. The lowest BCUT2D eigenvalue weighted by Gasteiger charge is -2.26. The lowest BCUT2D eigenvalue weighted by atomic mass is 10.1. The molecule has 0 unspecified atom stereocenters. The second kappa shape index (κ2) is 6.60. The quantitative estimate of drug-likeness (QED) is 0.835. The Morgan fingerprint density at radius 1 is 1.29 bits per heavy atom. The summed E-state index contributed by atoms with van der Waals surface area (Å²) in [5.41, 5.74) is 6.97. The van der Waals surface area contributed by atoms with Crippen LogP contribution in [0.4, 0.5) is 5.69 Å². The summed E-state index contributed by atoms with van der Waals surface area (Å²) in [5, 5.41) is 4.16. The first-order chi connectivity index (χ1) is 10.0. The summed E-state index contributed by atoms with van der Waals surface area (Å²) in [6, 6.07) is 0. The van der Waals surface area contributed by atoms with E-state index in [2.05, 4.69) is 5.10 Å². The fourth-order valence-corrected chi connectivity index (χ4v) is 2.47. The molecule has 1 amide bonds. The Bertz CT molecular complexity index is 533. The molecule has 1 fully saturated rings. The van der Waals surface area contributed by atoms with Crippen LogP contribution in [0, 0.1) is 6.92 Å². The number of nitrogen functional groups attached to an aromatic ring is 1. The third kappa shape index (κ3) is 3.34. The number of rotatable bonds is 4. The number of likely N-dealkylation sites (tertiary alicyclic amines) is 1. The van der Waals surface area contributed by atoms with E-state index in [1.807, 2.05) is 6.92 Å². The third-order valence-electron chi connectivity index (χ3n) is 3.70. The monoisotopic (exact) mass is 294 g/mol. The van der Waals surface area contributed by atoms with Gasteiger partial charge in [0.15, 0.2) is 12.3 Å². The molecule has 2 heterocycles. The van der Waals surface area contributed by atoms with E-state index >= 15 is 0 Å². The van der Waals surface area contributed by atoms with Gasteiger partial charge in [0.05, 0.1) is 11.4 Å². The molecule has 1 aliphatic rings. The summed E-state index contributed by atoms with van der Waals surface area (Å²) in [6.45, 7) is 5.35. The van der Waals surface area contributed by atoms with Gasteiger partial charge >= 0.3 is 5.97 Å². The maximum Gasteiger partial charge on any atom is 0.359 e. The maximum atomic E-state index is 12.1. The van der Waals surface area contributed by atoms with Crippen molar-refractivity contribution < 1.29 is 14.3 Å². The number of aromatic nitrogens is 2. The Hall–Kier alpha value is -2.05. The summed E-state index contributed by atoms with van der Waals surface area (Å²) in [7, 11) is 0. The summed E-state index contributed by atoms with van der Waals surface area (Å²) < 4.78 is 6.61. The van der Waals surface area contributed by atoms with E-state index < -0.39 is 5.97 Å². The van der Waals surface area contributed by atoms with E-state index in [-0.39, 0.29) is 18.2 Å². The molecule has 21 heavy (non-hydrogen) atoms. The number of anilines is 1. The topological polar surface area (TPSA) is 90.5 Å². The van der Waals surface area contributed by atoms with Crippen LogP contribution < -0.4 is 5.73 Å². The third-order valence-corrected chi connectivity index (χ3v) is 3.70. The minimum atomic E-state index is -0.597. The molecule has 0 atom stereocenters. The molecule has 7 heteroatoms. The highest BCUT2D eigenvalue weighted by atomic mass is 16.5. The van der Waals surface area contributed by atoms with Crippen LogP contribution in [0.25, 0.3) is 0 Å². The number of nitrogens with zero attached hydrogens (tertiary/aromatic N) is 3. The van der Waals surface area contributed by atoms with E-state index in [0.717, 1.165) is 32.4 Å². The van der Waals surface area contributed by atoms with Crippen LogP contribution in [0.1, 0.15) is 42.4 Å². The molecular formula is C14H22N4O3. The fraction of sp³-hybridized carbons (Fsp3) is 0.643. The second-order valence-electron chi connectivity index (χ2n) is 5.18. The van der Waals surface area contributed by atoms with Crippen molar-refractivity contribution in [2.24, 2.45) is 0 Å². The van der Waals surface area contributed by atoms with E-state index in [4.69, 9.17) is 10.5 Å². The molecule has 7 nitrogen and oxygen atoms in total. The second-order valence-corrected chi connectivity index (χ2v) is 5.18. The number of hydrogen-bond donors (Lipinski definition) is 1. The average Bonchev–Trinajstić information content (AvgIpc) is 2.80. The molecule has 0 spiro atoms. The normalized spacial score (nSPS) is 15.0. The Morgan fingerprint density at radius 3 is 2.57 bits per heavy atom. The Balaban J connectivity index is 1.97. The smallest absolute Gasteiger partial charge is 0.359 e. The minimum absolute atomic E-state index is 0.152. The zero-order valence-corrected chi connectivity index (χ0v) is 12.6. The van der Waals surface area contributed by atoms with Crippen molar-refractivity contribution in [1.29, 1.82) is 0 Å². The van der Waals surface area contributed by atoms with E-state index in [9.17, 15) is 9.59 Å². The average molecular weight is 294 g/mol. The summed E-state index contributed by atoms with van der Waals surface area (Å²) in [5.74, 6) is -0.749. The van der Waals surface area contributed by atoms with Gasteiger partial charge < -0.3 is 15.4 Å². The van der Waals surface area contributed by atoms with Gasteiger partial charge in [-0.2, -0.15) is 5.10 Å². The number of nitrogens with two attached hydrogens (primary N) is 1. The summed E-state index contributed by atoms with van der Waals surface area (Å²) >= 11 is 0. The van der Waals surface area contributed by atoms with Crippen molar-refractivity contribution in [3.8, 4) is 0 Å². The summed E-state index contributed by atoms with van der Waals surface area (Å²) in [4.78, 5) is 25.8. The van der Waals surface area contributed by atoms with Gasteiger partial charge in [0.1, 0.15) is 0 Å². The van der Waals surface area contributed by atoms with Gasteiger partial charge in [-0.15, -0.1) is 0 Å². The highest BCUT2D eigenvalue weighted by Crippen LogP contribution is 2.17. The molecule has 1 aromatic heterocycles. The summed E-state index contributed by atoms with van der Waals surface area (Å²) in [6.07, 6.45) is 3.16. The largest absolute Gasteiger partial charge is 0.451 e. The fourth-order valence-electron chi connectivity index (χ4n) is 2.47. The van der Waals surface area contributed by atoms with Crippen LogP contribution >= 0.6 is 0 Å². The van der Waals surface area contributed by atoms with Crippen molar-refractivity contribution in [3.05, 3.63) is 11.4 Å². The van der Waals surface area contributed by atoms with Gasteiger partial charge in [0.25, 0.3) is 5.91 Å². The van der Waals surface area contributed by atoms with Gasteiger partial charge in [-0.25, -0.2) is 4.79 Å². The standard InChI is InChI=1S/C14H22N4O3/c1-3-18-13(12(15)10(2)16-18)14(20)21-9-11(19)17-7-5-4-6-8-17/h3-9,15H2,1-2H3. The van der Waals surface area contributed by atoms with Crippen LogP contribution in [-0.2, 0) is 16.1 Å². The Morgan fingerprint density at radius 2 is 1.95 bits per heavy atom. The number of piperidine rings is 1. The van der Waals surface area contributed by atoms with Crippen molar-refractivity contribution in [2.45, 2.75) is 39.7 Å². The van der Waals surface area contributed by atoms with Crippen molar-refractivity contribution >= 4 is 17.6 Å². The lowest BCUT2D eigenvalue weighted by molar-refractivity contribution is -0.135.